The molecule has 0 amide bonds. The number of hydrogen-bond donors (Lipinski definition) is 1. The second-order valence-corrected chi connectivity index (χ2v) is 4.74. The van der Waals surface area contributed by atoms with Crippen molar-refractivity contribution in [2.75, 3.05) is 11.9 Å². The molecule has 0 saturated heterocycles. The Hall–Kier alpha value is -1.36. The van der Waals surface area contributed by atoms with Gasteiger partial charge in [0.05, 0.1) is 6.26 Å². The largest absolute Gasteiger partial charge is 0.469 e. The monoisotopic (exact) mass is 235 g/mol. The summed E-state index contributed by atoms with van der Waals surface area (Å²) in [6.07, 6.45) is 5.09. The third-order valence-corrected chi connectivity index (χ3v) is 3.30. The zero-order valence-corrected chi connectivity index (χ0v) is 9.67. The summed E-state index contributed by atoms with van der Waals surface area (Å²) in [5, 5.41) is 4.20. The maximum absolute atomic E-state index is 5.25. The number of nitrogens with one attached hydrogen (secondary N) is 1. The number of nitrogens with zero attached hydrogens (tertiary/aromatic N) is 2. The molecule has 2 heterocycles. The lowest BCUT2D eigenvalue weighted by molar-refractivity contribution is 0.513. The van der Waals surface area contributed by atoms with Gasteiger partial charge in [-0.25, -0.2) is 4.98 Å². The Labute approximate surface area is 97.9 Å². The maximum atomic E-state index is 5.25. The molecule has 1 aliphatic carbocycles. The van der Waals surface area contributed by atoms with E-state index in [1.165, 1.54) is 24.4 Å². The van der Waals surface area contributed by atoms with Gasteiger partial charge in [0.25, 0.3) is 0 Å². The molecule has 0 bridgehead atoms. The van der Waals surface area contributed by atoms with Gasteiger partial charge in [0, 0.05) is 30.4 Å². The summed E-state index contributed by atoms with van der Waals surface area (Å²) in [6.45, 7) is 0.840. The van der Waals surface area contributed by atoms with Crippen molar-refractivity contribution in [3.05, 3.63) is 30.0 Å². The quantitative estimate of drug-likeness (QED) is 0.865. The fraction of sp³-hybridized carbons (Fsp3) is 0.455. The minimum Gasteiger partial charge on any atom is -0.469 e. The first kappa shape index (κ1) is 9.84. The van der Waals surface area contributed by atoms with Crippen LogP contribution < -0.4 is 5.32 Å². The van der Waals surface area contributed by atoms with Gasteiger partial charge in [-0.2, -0.15) is 4.37 Å². The average molecular weight is 235 g/mol. The maximum Gasteiger partial charge on any atom is 0.202 e. The van der Waals surface area contributed by atoms with Gasteiger partial charge in [-0.05, 0) is 25.0 Å². The van der Waals surface area contributed by atoms with E-state index in [0.717, 1.165) is 29.7 Å². The van der Waals surface area contributed by atoms with Crippen molar-refractivity contribution >= 4 is 16.7 Å². The van der Waals surface area contributed by atoms with E-state index in [4.69, 9.17) is 4.42 Å². The molecule has 1 fully saturated rings. The van der Waals surface area contributed by atoms with Crippen molar-refractivity contribution in [3.8, 4) is 0 Å². The summed E-state index contributed by atoms with van der Waals surface area (Å²) in [5.41, 5.74) is 0. The SMILES string of the molecule is c1coc(CCNc2nc(C3CC3)ns2)c1. The van der Waals surface area contributed by atoms with Crippen LogP contribution in [0.15, 0.2) is 22.8 Å². The molecule has 0 aliphatic heterocycles. The second-order valence-electron chi connectivity index (χ2n) is 3.99. The van der Waals surface area contributed by atoms with Crippen molar-refractivity contribution in [1.82, 2.24) is 9.36 Å². The van der Waals surface area contributed by atoms with Crippen molar-refractivity contribution < 1.29 is 4.42 Å². The fourth-order valence-corrected chi connectivity index (χ4v) is 2.23. The molecule has 5 heteroatoms. The molecule has 16 heavy (non-hydrogen) atoms. The molecule has 0 radical (unpaired) electrons. The molecule has 1 N–H and O–H groups in total. The van der Waals surface area contributed by atoms with Gasteiger partial charge in [0.15, 0.2) is 0 Å². The standard InChI is InChI=1S/C11H13N3OS/c1-2-9(15-7-1)5-6-12-11-13-10(14-16-11)8-3-4-8/h1-2,7-8H,3-6H2,(H,12,13,14). The molecule has 2 aromatic rings. The van der Waals surface area contributed by atoms with E-state index in [1.807, 2.05) is 12.1 Å². The number of anilines is 1. The minimum absolute atomic E-state index is 0.636. The van der Waals surface area contributed by atoms with Crippen LogP contribution in [0.25, 0.3) is 0 Å². The zero-order valence-electron chi connectivity index (χ0n) is 8.85. The van der Waals surface area contributed by atoms with Crippen molar-refractivity contribution in [3.63, 3.8) is 0 Å². The Bertz CT molecular complexity index is 448. The molecule has 1 aliphatic rings. The molecule has 3 rings (SSSR count). The highest BCUT2D eigenvalue weighted by atomic mass is 32.1. The number of aromatic nitrogens is 2. The highest BCUT2D eigenvalue weighted by molar-refractivity contribution is 7.09. The minimum atomic E-state index is 0.636. The van der Waals surface area contributed by atoms with E-state index in [9.17, 15) is 0 Å². The molecule has 2 aromatic heterocycles. The Morgan fingerprint density at radius 1 is 1.50 bits per heavy atom. The zero-order chi connectivity index (χ0) is 10.8. The predicted molar refractivity (Wildman–Crippen MR) is 62.8 cm³/mol. The fourth-order valence-electron chi connectivity index (χ4n) is 1.56. The molecule has 0 unspecified atom stereocenters. The Balaban J connectivity index is 1.50. The van der Waals surface area contributed by atoms with Crippen LogP contribution in [0.3, 0.4) is 0 Å². The van der Waals surface area contributed by atoms with Gasteiger partial charge >= 0.3 is 0 Å². The van der Waals surface area contributed by atoms with Crippen LogP contribution in [-0.2, 0) is 6.42 Å². The summed E-state index contributed by atoms with van der Waals surface area (Å²) < 4.78 is 9.59. The molecule has 1 saturated carbocycles. The van der Waals surface area contributed by atoms with Crippen molar-refractivity contribution in [2.24, 2.45) is 0 Å². The molecule has 0 spiro atoms. The lowest BCUT2D eigenvalue weighted by atomic mass is 10.3. The summed E-state index contributed by atoms with van der Waals surface area (Å²) in [5.74, 6) is 2.65. The Kier molecular flexibility index (Phi) is 2.61. The van der Waals surface area contributed by atoms with Gasteiger partial charge in [-0.15, -0.1) is 0 Å². The third-order valence-electron chi connectivity index (χ3n) is 2.61. The summed E-state index contributed by atoms with van der Waals surface area (Å²) in [7, 11) is 0. The van der Waals surface area contributed by atoms with Gasteiger partial charge < -0.3 is 9.73 Å². The smallest absolute Gasteiger partial charge is 0.202 e. The lowest BCUT2D eigenvalue weighted by Gasteiger charge is -1.98. The van der Waals surface area contributed by atoms with Crippen LogP contribution in [-0.4, -0.2) is 15.9 Å². The summed E-state index contributed by atoms with van der Waals surface area (Å²) >= 11 is 1.45. The molecule has 0 atom stereocenters. The first-order chi connectivity index (χ1) is 7.92. The van der Waals surface area contributed by atoms with E-state index >= 15 is 0 Å². The van der Waals surface area contributed by atoms with E-state index in [0.29, 0.717) is 5.92 Å². The topological polar surface area (TPSA) is 51.0 Å². The van der Waals surface area contributed by atoms with Crippen LogP contribution >= 0.6 is 11.5 Å². The van der Waals surface area contributed by atoms with Crippen LogP contribution in [0.2, 0.25) is 0 Å². The van der Waals surface area contributed by atoms with E-state index < -0.39 is 0 Å². The van der Waals surface area contributed by atoms with Crippen molar-refractivity contribution in [2.45, 2.75) is 25.2 Å². The summed E-state index contributed by atoms with van der Waals surface area (Å²) in [4.78, 5) is 4.46. The predicted octanol–water partition coefficient (Wildman–Crippen LogP) is 2.66. The van der Waals surface area contributed by atoms with E-state index in [2.05, 4.69) is 14.7 Å². The first-order valence-corrected chi connectivity index (χ1v) is 6.29. The van der Waals surface area contributed by atoms with Crippen LogP contribution in [0.4, 0.5) is 5.13 Å². The normalized spacial score (nSPS) is 15.2. The average Bonchev–Trinajstić information content (AvgIpc) is 2.83. The molecule has 0 aromatic carbocycles. The van der Waals surface area contributed by atoms with E-state index in [-0.39, 0.29) is 0 Å². The molecular weight excluding hydrogens is 222 g/mol. The number of rotatable bonds is 5. The van der Waals surface area contributed by atoms with Gasteiger partial charge in [-0.1, -0.05) is 0 Å². The molecule has 84 valence electrons. The van der Waals surface area contributed by atoms with Crippen LogP contribution in [0.5, 0.6) is 0 Å². The van der Waals surface area contributed by atoms with Crippen LogP contribution in [0, 0.1) is 0 Å². The summed E-state index contributed by atoms with van der Waals surface area (Å²) in [6, 6.07) is 3.89. The number of hydrogen-bond acceptors (Lipinski definition) is 5. The van der Waals surface area contributed by atoms with E-state index in [1.54, 1.807) is 6.26 Å². The third kappa shape index (κ3) is 2.24. The van der Waals surface area contributed by atoms with Gasteiger partial charge in [-0.3, -0.25) is 0 Å². The highest BCUT2D eigenvalue weighted by Crippen LogP contribution is 2.39. The molecular formula is C11H13N3OS. The van der Waals surface area contributed by atoms with Crippen molar-refractivity contribution in [1.29, 1.82) is 0 Å². The molecule has 4 nitrogen and oxygen atoms in total. The van der Waals surface area contributed by atoms with Gasteiger partial charge in [0.2, 0.25) is 5.13 Å². The number of furan rings is 1. The Morgan fingerprint density at radius 2 is 2.44 bits per heavy atom. The highest BCUT2D eigenvalue weighted by Gasteiger charge is 2.27. The van der Waals surface area contributed by atoms with Crippen LogP contribution in [0.1, 0.15) is 30.3 Å². The lowest BCUT2D eigenvalue weighted by Crippen LogP contribution is -2.03. The first-order valence-electron chi connectivity index (χ1n) is 5.51. The Morgan fingerprint density at radius 3 is 3.19 bits per heavy atom. The second kappa shape index (κ2) is 4.25. The van der Waals surface area contributed by atoms with Gasteiger partial charge in [0.1, 0.15) is 11.6 Å².